The number of halogens is 1. The van der Waals surface area contributed by atoms with E-state index in [9.17, 15) is 13.2 Å². The van der Waals surface area contributed by atoms with Crippen molar-refractivity contribution in [3.63, 3.8) is 0 Å². The molecule has 0 saturated heterocycles. The minimum Gasteiger partial charge on any atom is -0.349 e. The third kappa shape index (κ3) is 3.60. The standard InChI is InChI=1S/C14H13ClN2O3S2/c15-12-6-7-13(21-12)22(19,20)17-11-3-1-2-9(8-11)14(18)16-10-4-5-10/h1-3,6-8,10,17H,4-5H2,(H,16,18). The van der Waals surface area contributed by atoms with Gasteiger partial charge in [0.05, 0.1) is 4.34 Å². The van der Waals surface area contributed by atoms with Crippen molar-refractivity contribution in [3.05, 3.63) is 46.3 Å². The lowest BCUT2D eigenvalue weighted by Crippen LogP contribution is -2.25. The van der Waals surface area contributed by atoms with Gasteiger partial charge in [0.15, 0.2) is 0 Å². The molecule has 1 amide bonds. The Morgan fingerprint density at radius 3 is 2.64 bits per heavy atom. The number of sulfonamides is 1. The Labute approximate surface area is 137 Å². The van der Waals surface area contributed by atoms with Gasteiger partial charge in [0, 0.05) is 17.3 Å². The summed E-state index contributed by atoms with van der Waals surface area (Å²) in [5, 5.41) is 2.86. The summed E-state index contributed by atoms with van der Waals surface area (Å²) in [6.07, 6.45) is 1.99. The fourth-order valence-electron chi connectivity index (χ4n) is 1.87. The van der Waals surface area contributed by atoms with Gasteiger partial charge in [0.1, 0.15) is 4.21 Å². The zero-order valence-electron chi connectivity index (χ0n) is 11.4. The first-order valence-corrected chi connectivity index (χ1v) is 9.31. The molecular formula is C14H13ClN2O3S2. The fraction of sp³-hybridized carbons (Fsp3) is 0.214. The van der Waals surface area contributed by atoms with Crippen LogP contribution in [-0.2, 0) is 10.0 Å². The summed E-state index contributed by atoms with van der Waals surface area (Å²) in [5.41, 5.74) is 0.768. The number of rotatable bonds is 5. The van der Waals surface area contributed by atoms with Crippen molar-refractivity contribution < 1.29 is 13.2 Å². The molecule has 2 aromatic rings. The quantitative estimate of drug-likeness (QED) is 0.864. The van der Waals surface area contributed by atoms with Crippen molar-refractivity contribution in [2.75, 3.05) is 4.72 Å². The number of carbonyl (C=O) groups is 1. The Morgan fingerprint density at radius 2 is 2.00 bits per heavy atom. The fourth-order valence-corrected chi connectivity index (χ4v) is 4.40. The summed E-state index contributed by atoms with van der Waals surface area (Å²) in [7, 11) is -3.69. The highest BCUT2D eigenvalue weighted by Crippen LogP contribution is 2.27. The van der Waals surface area contributed by atoms with Crippen LogP contribution in [0.3, 0.4) is 0 Å². The average molecular weight is 357 g/mol. The van der Waals surface area contributed by atoms with Gasteiger partial charge in [-0.2, -0.15) is 0 Å². The minimum absolute atomic E-state index is 0.130. The van der Waals surface area contributed by atoms with Crippen LogP contribution in [-0.4, -0.2) is 20.4 Å². The molecule has 0 aliphatic heterocycles. The van der Waals surface area contributed by atoms with Gasteiger partial charge in [-0.3, -0.25) is 9.52 Å². The van der Waals surface area contributed by atoms with Gasteiger partial charge < -0.3 is 5.32 Å². The third-order valence-electron chi connectivity index (χ3n) is 3.10. The summed E-state index contributed by atoms with van der Waals surface area (Å²) < 4.78 is 27.4. The molecule has 116 valence electrons. The van der Waals surface area contributed by atoms with Crippen LogP contribution in [0, 0.1) is 0 Å². The number of thiophene rings is 1. The maximum absolute atomic E-state index is 12.2. The van der Waals surface area contributed by atoms with E-state index in [1.165, 1.54) is 18.2 Å². The summed E-state index contributed by atoms with van der Waals surface area (Å²) >= 11 is 6.74. The van der Waals surface area contributed by atoms with Crippen molar-refractivity contribution in [2.24, 2.45) is 0 Å². The van der Waals surface area contributed by atoms with Crippen LogP contribution < -0.4 is 10.0 Å². The van der Waals surface area contributed by atoms with E-state index >= 15 is 0 Å². The van der Waals surface area contributed by atoms with E-state index in [1.54, 1.807) is 18.2 Å². The topological polar surface area (TPSA) is 75.3 Å². The Balaban J connectivity index is 1.78. The lowest BCUT2D eigenvalue weighted by Gasteiger charge is -2.08. The molecule has 1 fully saturated rings. The molecule has 8 heteroatoms. The molecule has 0 spiro atoms. The Kier molecular flexibility index (Phi) is 4.12. The molecule has 0 bridgehead atoms. The normalized spacial score (nSPS) is 14.6. The van der Waals surface area contributed by atoms with E-state index in [1.807, 2.05) is 0 Å². The van der Waals surface area contributed by atoms with Crippen LogP contribution in [0.25, 0.3) is 0 Å². The zero-order valence-corrected chi connectivity index (χ0v) is 13.8. The van der Waals surface area contributed by atoms with Gasteiger partial charge in [-0.05, 0) is 43.2 Å². The van der Waals surface area contributed by atoms with Crippen LogP contribution in [0.5, 0.6) is 0 Å². The second-order valence-electron chi connectivity index (χ2n) is 4.99. The van der Waals surface area contributed by atoms with Gasteiger partial charge in [-0.25, -0.2) is 8.42 Å². The van der Waals surface area contributed by atoms with Crippen LogP contribution in [0.15, 0.2) is 40.6 Å². The summed E-state index contributed by atoms with van der Waals surface area (Å²) in [4.78, 5) is 12.0. The third-order valence-corrected chi connectivity index (χ3v) is 6.21. The van der Waals surface area contributed by atoms with E-state index in [-0.39, 0.29) is 16.2 Å². The molecule has 1 heterocycles. The number of nitrogens with one attached hydrogen (secondary N) is 2. The first-order chi connectivity index (χ1) is 10.4. The second-order valence-corrected chi connectivity index (χ2v) is 8.62. The lowest BCUT2D eigenvalue weighted by molar-refractivity contribution is 0.0951. The monoisotopic (exact) mass is 356 g/mol. The predicted molar refractivity (Wildman–Crippen MR) is 87.1 cm³/mol. The molecule has 1 aliphatic carbocycles. The van der Waals surface area contributed by atoms with Gasteiger partial charge in [-0.15, -0.1) is 11.3 Å². The molecule has 1 saturated carbocycles. The zero-order chi connectivity index (χ0) is 15.7. The van der Waals surface area contributed by atoms with Gasteiger partial charge >= 0.3 is 0 Å². The molecule has 0 radical (unpaired) electrons. The van der Waals surface area contributed by atoms with Crippen molar-refractivity contribution >= 4 is 44.6 Å². The lowest BCUT2D eigenvalue weighted by atomic mass is 10.2. The summed E-state index contributed by atoms with van der Waals surface area (Å²) in [6, 6.07) is 9.63. The smallest absolute Gasteiger partial charge is 0.271 e. The first-order valence-electron chi connectivity index (χ1n) is 6.63. The Bertz CT molecular complexity index is 813. The van der Waals surface area contributed by atoms with Crippen LogP contribution in [0.2, 0.25) is 4.34 Å². The Morgan fingerprint density at radius 1 is 1.23 bits per heavy atom. The average Bonchev–Trinajstić information content (AvgIpc) is 3.16. The number of hydrogen-bond donors (Lipinski definition) is 2. The van der Waals surface area contributed by atoms with Gasteiger partial charge in [0.25, 0.3) is 15.9 Å². The number of hydrogen-bond acceptors (Lipinski definition) is 4. The molecular weight excluding hydrogens is 344 g/mol. The maximum atomic E-state index is 12.2. The number of carbonyl (C=O) groups excluding carboxylic acids is 1. The van der Waals surface area contributed by atoms with Crippen LogP contribution >= 0.6 is 22.9 Å². The van der Waals surface area contributed by atoms with E-state index in [2.05, 4.69) is 10.0 Å². The van der Waals surface area contributed by atoms with Crippen molar-refractivity contribution in [1.29, 1.82) is 0 Å². The summed E-state index contributed by atoms with van der Waals surface area (Å²) in [5.74, 6) is -0.192. The maximum Gasteiger partial charge on any atom is 0.271 e. The van der Waals surface area contributed by atoms with Crippen molar-refractivity contribution in [3.8, 4) is 0 Å². The molecule has 0 unspecified atom stereocenters. The van der Waals surface area contributed by atoms with E-state index < -0.39 is 10.0 Å². The molecule has 5 nitrogen and oxygen atoms in total. The van der Waals surface area contributed by atoms with Crippen molar-refractivity contribution in [1.82, 2.24) is 5.32 Å². The molecule has 22 heavy (non-hydrogen) atoms. The number of anilines is 1. The minimum atomic E-state index is -3.69. The SMILES string of the molecule is O=C(NC1CC1)c1cccc(NS(=O)(=O)c2ccc(Cl)s2)c1. The molecule has 2 N–H and O–H groups in total. The van der Waals surface area contributed by atoms with E-state index in [0.717, 1.165) is 24.2 Å². The van der Waals surface area contributed by atoms with E-state index in [0.29, 0.717) is 15.6 Å². The summed E-state index contributed by atoms with van der Waals surface area (Å²) in [6.45, 7) is 0. The highest BCUT2D eigenvalue weighted by Gasteiger charge is 2.24. The second kappa shape index (κ2) is 5.91. The van der Waals surface area contributed by atoms with Crippen LogP contribution in [0.4, 0.5) is 5.69 Å². The predicted octanol–water partition coefficient (Wildman–Crippen LogP) is 3.09. The van der Waals surface area contributed by atoms with E-state index in [4.69, 9.17) is 11.6 Å². The Hall–Kier alpha value is -1.57. The molecule has 1 aliphatic rings. The number of amides is 1. The largest absolute Gasteiger partial charge is 0.349 e. The molecule has 1 aromatic heterocycles. The molecule has 0 atom stereocenters. The molecule has 3 rings (SSSR count). The van der Waals surface area contributed by atoms with Gasteiger partial charge in [-0.1, -0.05) is 17.7 Å². The highest BCUT2D eigenvalue weighted by molar-refractivity contribution is 7.94. The number of benzene rings is 1. The highest BCUT2D eigenvalue weighted by atomic mass is 35.5. The van der Waals surface area contributed by atoms with Gasteiger partial charge in [0.2, 0.25) is 0 Å². The molecule has 1 aromatic carbocycles. The van der Waals surface area contributed by atoms with Crippen molar-refractivity contribution in [2.45, 2.75) is 23.1 Å². The first kappa shape index (κ1) is 15.3. The van der Waals surface area contributed by atoms with Crippen LogP contribution in [0.1, 0.15) is 23.2 Å².